The van der Waals surface area contributed by atoms with E-state index in [4.69, 9.17) is 46.4 Å². The molecule has 0 aliphatic heterocycles. The van der Waals surface area contributed by atoms with Crippen LogP contribution in [0, 0.1) is 6.92 Å². The lowest BCUT2D eigenvalue weighted by Crippen LogP contribution is -2.38. The fraction of sp³-hybridized carbons (Fsp3) is 0.214. The molecular weight excluding hydrogens is 404 g/mol. The van der Waals surface area contributed by atoms with Gasteiger partial charge in [-0.1, -0.05) is 52.5 Å². The summed E-state index contributed by atoms with van der Waals surface area (Å²) in [7, 11) is -3.97. The lowest BCUT2D eigenvalue weighted by molar-refractivity contribution is -0.116. The molecule has 0 aromatic heterocycles. The van der Waals surface area contributed by atoms with Gasteiger partial charge in [-0.15, -0.1) is 11.6 Å². The first-order chi connectivity index (χ1) is 10.5. The quantitative estimate of drug-likeness (QED) is 0.760. The molecule has 1 aromatic rings. The molecular formula is C14H11Cl4NO3S. The number of hydrogen-bond acceptors (Lipinski definition) is 3. The molecule has 124 valence electrons. The minimum atomic E-state index is -3.97. The van der Waals surface area contributed by atoms with E-state index in [2.05, 4.69) is 4.72 Å². The fourth-order valence-corrected chi connectivity index (χ4v) is 4.07. The van der Waals surface area contributed by atoms with Crippen molar-refractivity contribution in [3.05, 3.63) is 50.6 Å². The number of nitrogens with one attached hydrogen (secondary N) is 1. The largest absolute Gasteiger partial charge is 0.291 e. The number of benzene rings is 1. The maximum absolute atomic E-state index is 12.4. The van der Waals surface area contributed by atoms with E-state index < -0.39 is 20.7 Å². The van der Waals surface area contributed by atoms with Gasteiger partial charge in [0.2, 0.25) is 5.78 Å². The smallest absolute Gasteiger partial charge is 0.261 e. The first-order valence-corrected chi connectivity index (χ1v) is 9.27. The zero-order chi connectivity index (χ0) is 17.6. The van der Waals surface area contributed by atoms with Crippen molar-refractivity contribution in [2.45, 2.75) is 23.6 Å². The first-order valence-electron chi connectivity index (χ1n) is 6.27. The monoisotopic (exact) mass is 413 g/mol. The van der Waals surface area contributed by atoms with Crippen LogP contribution >= 0.6 is 46.4 Å². The molecule has 4 nitrogen and oxygen atoms in total. The molecule has 1 aliphatic rings. The van der Waals surface area contributed by atoms with Crippen LogP contribution in [-0.4, -0.2) is 19.1 Å². The Kier molecular flexibility index (Phi) is 5.10. The Labute approximate surface area is 154 Å². The van der Waals surface area contributed by atoms with Gasteiger partial charge in [0, 0.05) is 0 Å². The Morgan fingerprint density at radius 1 is 1.04 bits per heavy atom. The average Bonchev–Trinajstić information content (AvgIpc) is 2.49. The highest BCUT2D eigenvalue weighted by Crippen LogP contribution is 2.43. The Balaban J connectivity index is 2.51. The van der Waals surface area contributed by atoms with E-state index in [1.54, 1.807) is 12.1 Å². The fourth-order valence-electron chi connectivity index (χ4n) is 1.85. The van der Waals surface area contributed by atoms with Crippen LogP contribution in [0.3, 0.4) is 0 Å². The number of aryl methyl sites for hydroxylation is 1. The number of halogens is 4. The van der Waals surface area contributed by atoms with E-state index in [9.17, 15) is 13.2 Å². The molecule has 0 bridgehead atoms. The number of carbonyl (C=O) groups is 1. The number of sulfonamides is 1. The molecule has 1 aromatic carbocycles. The van der Waals surface area contributed by atoms with Crippen LogP contribution in [0.2, 0.25) is 0 Å². The van der Waals surface area contributed by atoms with Crippen LogP contribution in [0.5, 0.6) is 0 Å². The summed E-state index contributed by atoms with van der Waals surface area (Å²) < 4.78 is 27.1. The van der Waals surface area contributed by atoms with Crippen LogP contribution in [0.4, 0.5) is 0 Å². The van der Waals surface area contributed by atoms with Crippen molar-refractivity contribution in [2.75, 3.05) is 0 Å². The Morgan fingerprint density at radius 2 is 1.57 bits per heavy atom. The van der Waals surface area contributed by atoms with Crippen molar-refractivity contribution in [1.29, 1.82) is 0 Å². The van der Waals surface area contributed by atoms with E-state index in [0.29, 0.717) is 0 Å². The number of rotatable bonds is 3. The van der Waals surface area contributed by atoms with Gasteiger partial charge in [0.05, 0.1) is 20.7 Å². The first kappa shape index (κ1) is 18.6. The van der Waals surface area contributed by atoms with Crippen molar-refractivity contribution in [2.24, 2.45) is 0 Å². The Hall–Kier alpha value is -0.720. The normalized spacial score (nSPS) is 22.6. The number of Topliss-reactive ketones (excluding diaryl/α,β-unsaturated/α-hetero) is 1. The topological polar surface area (TPSA) is 63.2 Å². The highest BCUT2D eigenvalue weighted by molar-refractivity contribution is 7.89. The molecule has 0 amide bonds. The lowest BCUT2D eigenvalue weighted by Gasteiger charge is -2.28. The maximum Gasteiger partial charge on any atom is 0.261 e. The van der Waals surface area contributed by atoms with Crippen molar-refractivity contribution in [3.8, 4) is 0 Å². The zero-order valence-corrected chi connectivity index (χ0v) is 15.8. The van der Waals surface area contributed by atoms with Crippen molar-refractivity contribution in [3.63, 3.8) is 0 Å². The van der Waals surface area contributed by atoms with Crippen LogP contribution in [0.25, 0.3) is 0 Å². The van der Waals surface area contributed by atoms with E-state index in [1.807, 2.05) is 6.92 Å². The third kappa shape index (κ3) is 3.39. The van der Waals surface area contributed by atoms with Gasteiger partial charge in [-0.3, -0.25) is 9.52 Å². The van der Waals surface area contributed by atoms with Gasteiger partial charge >= 0.3 is 0 Å². The van der Waals surface area contributed by atoms with E-state index in [1.165, 1.54) is 19.1 Å². The molecule has 1 N–H and O–H groups in total. The summed E-state index contributed by atoms with van der Waals surface area (Å²) in [4.78, 5) is 10.3. The third-order valence-electron chi connectivity index (χ3n) is 3.24. The van der Waals surface area contributed by atoms with Crippen LogP contribution in [0.15, 0.2) is 50.0 Å². The maximum atomic E-state index is 12.4. The molecule has 0 heterocycles. The Bertz CT molecular complexity index is 839. The summed E-state index contributed by atoms with van der Waals surface area (Å²) >= 11 is 24.0. The summed E-state index contributed by atoms with van der Waals surface area (Å²) in [6.45, 7) is 3.14. The van der Waals surface area contributed by atoms with Gasteiger partial charge in [0.25, 0.3) is 10.0 Å². The molecule has 1 unspecified atom stereocenters. The van der Waals surface area contributed by atoms with E-state index in [-0.39, 0.29) is 25.7 Å². The predicted molar refractivity (Wildman–Crippen MR) is 92.4 cm³/mol. The molecule has 0 saturated heterocycles. The molecule has 2 rings (SSSR count). The lowest BCUT2D eigenvalue weighted by atomic mass is 9.98. The third-order valence-corrected chi connectivity index (χ3v) is 6.46. The van der Waals surface area contributed by atoms with Crippen LogP contribution < -0.4 is 4.72 Å². The van der Waals surface area contributed by atoms with Gasteiger partial charge in [-0.25, -0.2) is 8.42 Å². The number of alkyl halides is 1. The molecule has 0 spiro atoms. The average molecular weight is 415 g/mol. The van der Waals surface area contributed by atoms with Gasteiger partial charge in [0.15, 0.2) is 0 Å². The minimum Gasteiger partial charge on any atom is -0.291 e. The SMILES string of the molecule is Cc1ccc(S(=O)(=O)NC2=C(Cl)C(C)(Cl)C(=O)C(Cl)=C2Cl)cc1. The van der Waals surface area contributed by atoms with E-state index in [0.717, 1.165) is 5.56 Å². The molecule has 1 aliphatic carbocycles. The number of ketones is 1. The highest BCUT2D eigenvalue weighted by atomic mass is 35.5. The van der Waals surface area contributed by atoms with Crippen molar-refractivity contribution < 1.29 is 13.2 Å². The number of carbonyl (C=O) groups excluding carboxylic acids is 1. The summed E-state index contributed by atoms with van der Waals surface area (Å²) in [6, 6.07) is 6.15. The van der Waals surface area contributed by atoms with Gasteiger partial charge in [-0.2, -0.15) is 0 Å². The molecule has 0 fully saturated rings. The van der Waals surface area contributed by atoms with Crippen molar-refractivity contribution in [1.82, 2.24) is 4.72 Å². The Morgan fingerprint density at radius 3 is 2.09 bits per heavy atom. The second kappa shape index (κ2) is 6.30. The number of allylic oxidation sites excluding steroid dienone is 3. The van der Waals surface area contributed by atoms with Gasteiger partial charge < -0.3 is 0 Å². The summed E-state index contributed by atoms with van der Waals surface area (Å²) in [6.07, 6.45) is 0. The number of hydrogen-bond donors (Lipinski definition) is 1. The second-order valence-corrected chi connectivity index (χ2v) is 8.64. The van der Waals surface area contributed by atoms with Crippen molar-refractivity contribution >= 4 is 62.2 Å². The summed E-state index contributed by atoms with van der Waals surface area (Å²) in [5.41, 5.74) is 0.690. The molecule has 0 saturated carbocycles. The van der Waals surface area contributed by atoms with Crippen LogP contribution in [-0.2, 0) is 14.8 Å². The van der Waals surface area contributed by atoms with Crippen LogP contribution in [0.1, 0.15) is 12.5 Å². The standard InChI is InChI=1S/C14H11Cl4NO3S/c1-7-3-5-8(6-4-7)23(21,22)19-11-9(15)10(16)13(20)14(2,18)12(11)17/h3-6,19H,1-2H3. The molecule has 0 radical (unpaired) electrons. The summed E-state index contributed by atoms with van der Waals surface area (Å²) in [5.74, 6) is -0.700. The van der Waals surface area contributed by atoms with E-state index >= 15 is 0 Å². The highest BCUT2D eigenvalue weighted by Gasteiger charge is 2.44. The zero-order valence-electron chi connectivity index (χ0n) is 12.0. The van der Waals surface area contributed by atoms with Gasteiger partial charge in [-0.05, 0) is 26.0 Å². The predicted octanol–water partition coefficient (Wildman–Crippen LogP) is 3.99. The molecule has 23 heavy (non-hydrogen) atoms. The summed E-state index contributed by atoms with van der Waals surface area (Å²) in [5, 5.41) is -0.917. The second-order valence-electron chi connectivity index (χ2n) is 5.07. The van der Waals surface area contributed by atoms with Gasteiger partial charge in [0.1, 0.15) is 9.91 Å². The molecule has 1 atom stereocenters. The molecule has 9 heteroatoms. The minimum absolute atomic E-state index is 0.00818.